The summed E-state index contributed by atoms with van der Waals surface area (Å²) in [5.74, 6) is -3.29. The van der Waals surface area contributed by atoms with Crippen LogP contribution in [0.1, 0.15) is 104 Å². The van der Waals surface area contributed by atoms with Gasteiger partial charge in [0.1, 0.15) is 11.1 Å². The van der Waals surface area contributed by atoms with Crippen molar-refractivity contribution in [3.05, 3.63) is 124 Å². The Balaban J connectivity index is 1.36. The molecule has 2 aliphatic heterocycles. The summed E-state index contributed by atoms with van der Waals surface area (Å²) >= 11 is 0. The van der Waals surface area contributed by atoms with Gasteiger partial charge in [-0.2, -0.15) is 13.2 Å². The summed E-state index contributed by atoms with van der Waals surface area (Å²) in [6.45, 7) is 3.84. The monoisotopic (exact) mass is 869 g/mol. The van der Waals surface area contributed by atoms with Crippen LogP contribution in [-0.2, 0) is 47.3 Å². The van der Waals surface area contributed by atoms with E-state index in [4.69, 9.17) is 11.5 Å². The Morgan fingerprint density at radius 1 is 0.619 bits per heavy atom. The molecule has 0 spiro atoms. The maximum absolute atomic E-state index is 14.7. The van der Waals surface area contributed by atoms with E-state index in [1.54, 1.807) is 79.1 Å². The van der Waals surface area contributed by atoms with Gasteiger partial charge in [0, 0.05) is 53.8 Å². The molecule has 8 N–H and O–H groups in total. The fourth-order valence-corrected chi connectivity index (χ4v) is 11.8. The highest BCUT2D eigenvalue weighted by molar-refractivity contribution is 6.01. The number of carbonyl (C=O) groups is 6. The van der Waals surface area contributed by atoms with E-state index in [1.807, 2.05) is 9.80 Å². The first kappa shape index (κ1) is 43.1. The predicted octanol–water partition coefficient (Wildman–Crippen LogP) is 5.44. The van der Waals surface area contributed by atoms with Crippen molar-refractivity contribution in [1.82, 2.24) is 25.0 Å². The number of aromatic nitrogens is 1. The predicted molar refractivity (Wildman–Crippen MR) is 219 cm³/mol. The Morgan fingerprint density at radius 2 is 0.984 bits per heavy atom. The number of amides is 6. The third-order valence-electron chi connectivity index (χ3n) is 14.1. The molecule has 10 rings (SSSR count). The standard InChI is InChI=1S/C45H46F3N7O8/c1-41(23-35(49)56)25-7-11-27(12-8-25)43(41,37(58)51-39(60)61)53-21-3-5-31(53)33-19-20-34(55(33)30-17-15-29(16-18-30)45(46,47)48)32-6-4-22-54(32)44(38(59)52-40(62)63)28-13-9-26(10-14-28)42(44,2)24-36(50)57/h7-20,31-32H,3-6,21-24H2,1-2H3,(H2,49,56)(H2,50,57)(H,51,58)(H,52,59)(H,60,61)(H,62,63)/t31?,32?,41?,42?,43-,44-/m1/s1. The van der Waals surface area contributed by atoms with Crippen LogP contribution >= 0.6 is 0 Å². The lowest BCUT2D eigenvalue weighted by molar-refractivity contribution is -0.144. The number of nitrogens with two attached hydrogens (primary N) is 2. The molecular formula is C45H46F3N7O8. The Bertz CT molecular complexity index is 2400. The van der Waals surface area contributed by atoms with Crippen molar-refractivity contribution in [2.75, 3.05) is 13.1 Å². The Kier molecular flexibility index (Phi) is 10.3. The number of benzene rings is 3. The zero-order valence-electron chi connectivity index (χ0n) is 34.4. The van der Waals surface area contributed by atoms with E-state index in [9.17, 15) is 52.2 Å². The van der Waals surface area contributed by atoms with Gasteiger partial charge in [-0.15, -0.1) is 0 Å². The van der Waals surface area contributed by atoms with Gasteiger partial charge in [-0.25, -0.2) is 9.59 Å². The van der Waals surface area contributed by atoms with Crippen LogP contribution in [0.5, 0.6) is 0 Å². The van der Waals surface area contributed by atoms with Crippen molar-refractivity contribution < 1.29 is 52.2 Å². The lowest BCUT2D eigenvalue weighted by Crippen LogP contribution is -2.68. The number of rotatable bonds is 11. The molecule has 4 unspecified atom stereocenters. The number of carbonyl (C=O) groups excluding carboxylic acids is 4. The van der Waals surface area contributed by atoms with Crippen molar-refractivity contribution in [2.24, 2.45) is 11.5 Å². The molecule has 6 amide bonds. The van der Waals surface area contributed by atoms with Gasteiger partial charge in [0.2, 0.25) is 11.8 Å². The number of fused-ring (bicyclic) bond motifs is 6. The van der Waals surface area contributed by atoms with Crippen molar-refractivity contribution in [3.8, 4) is 5.69 Å². The molecular weight excluding hydrogens is 824 g/mol. The number of hydrogen-bond acceptors (Lipinski definition) is 8. The van der Waals surface area contributed by atoms with Crippen molar-refractivity contribution in [3.63, 3.8) is 0 Å². The molecule has 18 heteroatoms. The molecule has 3 aromatic carbocycles. The van der Waals surface area contributed by atoms with Crippen LogP contribution in [0.2, 0.25) is 0 Å². The number of imide groups is 2. The zero-order chi connectivity index (χ0) is 45.4. The highest BCUT2D eigenvalue weighted by Crippen LogP contribution is 2.59. The molecule has 0 saturated carbocycles. The van der Waals surface area contributed by atoms with Gasteiger partial charge in [-0.1, -0.05) is 62.4 Å². The smallest absolute Gasteiger partial charge is 0.416 e. The van der Waals surface area contributed by atoms with E-state index in [0.717, 1.165) is 12.1 Å². The van der Waals surface area contributed by atoms with E-state index in [0.29, 0.717) is 65.0 Å². The van der Waals surface area contributed by atoms with Gasteiger partial charge in [0.25, 0.3) is 11.8 Å². The molecule has 6 atom stereocenters. The molecule has 2 saturated heterocycles. The first-order chi connectivity index (χ1) is 29.7. The molecule has 2 fully saturated rings. The molecule has 4 aromatic rings. The third kappa shape index (κ3) is 6.32. The quantitative estimate of drug-likeness (QED) is 0.112. The van der Waals surface area contributed by atoms with Gasteiger partial charge < -0.3 is 26.2 Å². The highest BCUT2D eigenvalue weighted by atomic mass is 19.4. The zero-order valence-corrected chi connectivity index (χ0v) is 34.4. The number of nitrogens with one attached hydrogen (secondary N) is 2. The lowest BCUT2D eigenvalue weighted by Gasteiger charge is -2.56. The first-order valence-electron chi connectivity index (χ1n) is 20.5. The largest absolute Gasteiger partial charge is 0.465 e. The highest BCUT2D eigenvalue weighted by Gasteiger charge is 2.66. The molecule has 15 nitrogen and oxygen atoms in total. The van der Waals surface area contributed by atoms with Gasteiger partial charge in [0.05, 0.1) is 17.6 Å². The second-order valence-electron chi connectivity index (χ2n) is 17.3. The molecule has 0 radical (unpaired) electrons. The maximum atomic E-state index is 14.7. The van der Waals surface area contributed by atoms with Gasteiger partial charge in [-0.3, -0.25) is 39.6 Å². The van der Waals surface area contributed by atoms with Crippen LogP contribution in [0.4, 0.5) is 22.8 Å². The van der Waals surface area contributed by atoms with Crippen molar-refractivity contribution in [1.29, 1.82) is 0 Å². The molecule has 6 aliphatic rings. The van der Waals surface area contributed by atoms with E-state index >= 15 is 0 Å². The maximum Gasteiger partial charge on any atom is 0.416 e. The SMILES string of the molecule is CC1(CC(N)=O)c2ccc(cc2)[C@]1(C(=O)NC(=O)O)N1CCCC1c1ccc(C2CCCN2[C@@]2(C(=O)NC(=O)O)c3ccc(cc3)C2(C)CC(N)=O)n1-c1ccc(C(F)(F)F)cc1. The summed E-state index contributed by atoms with van der Waals surface area (Å²) in [6, 6.07) is 20.5. The Labute approximate surface area is 359 Å². The average Bonchev–Trinajstić information content (AvgIpc) is 3.98. The van der Waals surface area contributed by atoms with Gasteiger partial charge in [-0.05, 0) is 84.3 Å². The van der Waals surface area contributed by atoms with Crippen LogP contribution in [0.25, 0.3) is 5.69 Å². The topological polar surface area (TPSA) is 230 Å². The van der Waals surface area contributed by atoms with Crippen LogP contribution in [0.15, 0.2) is 84.9 Å². The van der Waals surface area contributed by atoms with Crippen molar-refractivity contribution >= 4 is 35.8 Å². The minimum absolute atomic E-state index is 0.229. The number of carboxylic acid groups (broad SMARTS) is 2. The lowest BCUT2D eigenvalue weighted by atomic mass is 9.56. The molecule has 4 aliphatic carbocycles. The average molecular weight is 870 g/mol. The van der Waals surface area contributed by atoms with Gasteiger partial charge >= 0.3 is 18.4 Å². The molecule has 4 bridgehead atoms. The van der Waals surface area contributed by atoms with E-state index < -0.39 is 81.5 Å². The number of hydrogen-bond donors (Lipinski definition) is 6. The summed E-state index contributed by atoms with van der Waals surface area (Å²) in [5, 5.41) is 24.1. The molecule has 1 aromatic heterocycles. The Hall–Kier alpha value is -6.53. The number of nitrogens with zero attached hydrogens (tertiary/aromatic N) is 3. The molecule has 63 heavy (non-hydrogen) atoms. The van der Waals surface area contributed by atoms with E-state index in [-0.39, 0.29) is 25.9 Å². The number of primary amides is 2. The van der Waals surface area contributed by atoms with E-state index in [1.165, 1.54) is 12.1 Å². The third-order valence-corrected chi connectivity index (χ3v) is 14.1. The summed E-state index contributed by atoms with van der Waals surface area (Å²) in [4.78, 5) is 83.5. The summed E-state index contributed by atoms with van der Waals surface area (Å²) in [5.41, 5.74) is 7.65. The van der Waals surface area contributed by atoms with Crippen molar-refractivity contribution in [2.45, 2.75) is 92.5 Å². The second-order valence-corrected chi connectivity index (χ2v) is 17.3. The number of alkyl halides is 3. The first-order valence-corrected chi connectivity index (χ1v) is 20.5. The minimum Gasteiger partial charge on any atom is -0.465 e. The number of likely N-dealkylation sites (tertiary alicyclic amines) is 2. The number of halogens is 3. The van der Waals surface area contributed by atoms with Crippen LogP contribution < -0.4 is 22.1 Å². The van der Waals surface area contributed by atoms with Crippen LogP contribution in [0.3, 0.4) is 0 Å². The fourth-order valence-electron chi connectivity index (χ4n) is 11.8. The normalized spacial score (nSPS) is 27.6. The van der Waals surface area contributed by atoms with Crippen LogP contribution in [-0.4, -0.2) is 73.5 Å². The van der Waals surface area contributed by atoms with E-state index in [2.05, 4.69) is 10.6 Å². The Morgan fingerprint density at radius 3 is 1.32 bits per heavy atom. The summed E-state index contributed by atoms with van der Waals surface area (Å²) < 4.78 is 43.9. The second kappa shape index (κ2) is 15.1. The van der Waals surface area contributed by atoms with Gasteiger partial charge in [0.15, 0.2) is 0 Å². The minimum atomic E-state index is -4.67. The fraction of sp³-hybridized carbons (Fsp3) is 0.378. The summed E-state index contributed by atoms with van der Waals surface area (Å²) in [6.07, 6.45) is -6.84. The molecule has 3 heterocycles. The summed E-state index contributed by atoms with van der Waals surface area (Å²) in [7, 11) is 0. The van der Waals surface area contributed by atoms with Crippen LogP contribution in [0, 0.1) is 0 Å². The molecule has 330 valence electrons.